The van der Waals surface area contributed by atoms with Crippen molar-refractivity contribution < 1.29 is 19.1 Å². The summed E-state index contributed by atoms with van der Waals surface area (Å²) >= 11 is 1.24. The van der Waals surface area contributed by atoms with E-state index in [-0.39, 0.29) is 18.5 Å². The molecule has 0 radical (unpaired) electrons. The second-order valence-corrected chi connectivity index (χ2v) is 7.66. The molecule has 2 aliphatic rings. The molecule has 2 amide bonds. The van der Waals surface area contributed by atoms with Crippen LogP contribution in [0.5, 0.6) is 0 Å². The smallest absolute Gasteiger partial charge is 0.323 e. The number of carbonyl (C=O) groups excluding carboxylic acids is 1. The number of carboxylic acid groups (broad SMARTS) is 1. The van der Waals surface area contributed by atoms with Crippen LogP contribution in [0.15, 0.2) is 22.8 Å². The fourth-order valence-electron chi connectivity index (χ4n) is 3.86. The number of likely N-dealkylation sites (tertiary alicyclic amines) is 1. The Kier molecular flexibility index (Phi) is 4.23. The van der Waals surface area contributed by atoms with Gasteiger partial charge in [-0.25, -0.2) is 4.79 Å². The summed E-state index contributed by atoms with van der Waals surface area (Å²) in [6.07, 6.45) is 7.51. The number of amides is 2. The largest absolute Gasteiger partial charge is 0.481 e. The average molecular weight is 374 g/mol. The first-order chi connectivity index (χ1) is 12.6. The number of hydrogen-bond acceptors (Lipinski definition) is 6. The van der Waals surface area contributed by atoms with Crippen LogP contribution in [0.2, 0.25) is 0 Å². The number of furan rings is 1. The Morgan fingerprint density at radius 2 is 2.31 bits per heavy atom. The van der Waals surface area contributed by atoms with Gasteiger partial charge in [-0.05, 0) is 43.0 Å². The third-order valence-corrected chi connectivity index (χ3v) is 5.98. The number of rotatable bonds is 4. The summed E-state index contributed by atoms with van der Waals surface area (Å²) in [7, 11) is 0. The van der Waals surface area contributed by atoms with E-state index < -0.39 is 11.4 Å². The minimum Gasteiger partial charge on any atom is -0.481 e. The number of aliphatic carboxylic acids is 1. The number of anilines is 1. The van der Waals surface area contributed by atoms with Crippen LogP contribution >= 0.6 is 11.3 Å². The zero-order valence-electron chi connectivity index (χ0n) is 13.9. The first kappa shape index (κ1) is 16.8. The zero-order chi connectivity index (χ0) is 18.1. The van der Waals surface area contributed by atoms with Crippen molar-refractivity contribution in [2.24, 2.45) is 11.3 Å². The van der Waals surface area contributed by atoms with Gasteiger partial charge in [-0.1, -0.05) is 17.8 Å². The molecule has 0 unspecified atom stereocenters. The molecule has 136 valence electrons. The molecule has 0 aromatic carbocycles. The fourth-order valence-corrected chi connectivity index (χ4v) is 4.49. The number of nitrogens with one attached hydrogen (secondary N) is 1. The van der Waals surface area contributed by atoms with Gasteiger partial charge in [0.05, 0.1) is 11.7 Å². The molecule has 26 heavy (non-hydrogen) atoms. The number of nitrogens with zero attached hydrogens (tertiary/aromatic N) is 3. The Bertz CT molecular complexity index is 847. The van der Waals surface area contributed by atoms with Crippen molar-refractivity contribution in [1.82, 2.24) is 15.1 Å². The van der Waals surface area contributed by atoms with Crippen molar-refractivity contribution in [3.05, 3.63) is 29.2 Å². The van der Waals surface area contributed by atoms with Gasteiger partial charge >= 0.3 is 12.0 Å². The summed E-state index contributed by atoms with van der Waals surface area (Å²) in [6.45, 7) is 0.727. The molecule has 1 saturated carbocycles. The second-order valence-electron chi connectivity index (χ2n) is 6.66. The molecule has 2 N–H and O–H groups in total. The predicted molar refractivity (Wildman–Crippen MR) is 95.5 cm³/mol. The first-order valence-corrected chi connectivity index (χ1v) is 9.23. The Labute approximate surface area is 153 Å². The summed E-state index contributed by atoms with van der Waals surface area (Å²) in [5, 5.41) is 21.3. The van der Waals surface area contributed by atoms with E-state index in [2.05, 4.69) is 15.5 Å². The lowest BCUT2D eigenvalue weighted by Gasteiger charge is -2.23. The number of urea groups is 1. The number of fused-ring (bicyclic) bond motifs is 1. The van der Waals surface area contributed by atoms with Crippen LogP contribution in [-0.4, -0.2) is 45.3 Å². The van der Waals surface area contributed by atoms with Gasteiger partial charge in [0.1, 0.15) is 10.8 Å². The van der Waals surface area contributed by atoms with Crippen molar-refractivity contribution in [2.45, 2.75) is 19.3 Å². The molecule has 3 heterocycles. The maximum absolute atomic E-state index is 12.5. The maximum Gasteiger partial charge on any atom is 0.323 e. The molecule has 2 aromatic rings. The highest BCUT2D eigenvalue weighted by Crippen LogP contribution is 2.48. The van der Waals surface area contributed by atoms with Crippen LogP contribution in [0, 0.1) is 11.3 Å². The number of carbonyl (C=O) groups is 2. The molecule has 0 bridgehead atoms. The topological polar surface area (TPSA) is 109 Å². The van der Waals surface area contributed by atoms with E-state index >= 15 is 0 Å². The molecule has 8 nitrogen and oxygen atoms in total. The molecule has 1 aliphatic carbocycles. The van der Waals surface area contributed by atoms with E-state index in [1.54, 1.807) is 29.4 Å². The quantitative estimate of drug-likeness (QED) is 0.851. The highest BCUT2D eigenvalue weighted by Gasteiger charge is 2.55. The van der Waals surface area contributed by atoms with Gasteiger partial charge in [-0.2, -0.15) is 0 Å². The molecule has 2 aromatic heterocycles. The summed E-state index contributed by atoms with van der Waals surface area (Å²) in [5.74, 6) is -0.0584. The minimum absolute atomic E-state index is 0.0342. The minimum atomic E-state index is -0.795. The molecular weight excluding hydrogens is 356 g/mol. The monoisotopic (exact) mass is 374 g/mol. The molecule has 4 rings (SSSR count). The lowest BCUT2D eigenvalue weighted by molar-refractivity contribution is -0.149. The van der Waals surface area contributed by atoms with Crippen molar-refractivity contribution in [3.8, 4) is 0 Å². The second kappa shape index (κ2) is 6.56. The van der Waals surface area contributed by atoms with Gasteiger partial charge in [0.15, 0.2) is 0 Å². The van der Waals surface area contributed by atoms with Crippen LogP contribution in [0.25, 0.3) is 12.2 Å². The van der Waals surface area contributed by atoms with E-state index in [9.17, 15) is 14.7 Å². The Hall–Kier alpha value is -2.68. The standard InChI is InChI=1S/C17H18N4O4S/c22-14(23)17-7-1-3-11(17)9-21(10-17)16(24)18-15-20-19-13(26-15)6-5-12-4-2-8-25-12/h2,4-6,8,11H,1,3,7,9-10H2,(H,22,23)(H,18,20,24)/b6-5+/t11-,17+/m0/s1. The average Bonchev–Trinajstić information content (AvgIpc) is 3.36. The van der Waals surface area contributed by atoms with Crippen LogP contribution in [0.1, 0.15) is 30.0 Å². The van der Waals surface area contributed by atoms with Crippen molar-refractivity contribution in [2.75, 3.05) is 18.4 Å². The van der Waals surface area contributed by atoms with Crippen LogP contribution < -0.4 is 5.32 Å². The molecule has 2 fully saturated rings. The molecule has 9 heteroatoms. The fraction of sp³-hybridized carbons (Fsp3) is 0.412. The lowest BCUT2D eigenvalue weighted by atomic mass is 9.81. The Balaban J connectivity index is 1.39. The maximum atomic E-state index is 12.5. The number of hydrogen-bond donors (Lipinski definition) is 2. The Morgan fingerprint density at radius 3 is 3.04 bits per heavy atom. The highest BCUT2D eigenvalue weighted by atomic mass is 32.1. The Morgan fingerprint density at radius 1 is 1.42 bits per heavy atom. The van der Waals surface area contributed by atoms with Crippen molar-refractivity contribution >= 4 is 40.6 Å². The third-order valence-electron chi connectivity index (χ3n) is 5.17. The summed E-state index contributed by atoms with van der Waals surface area (Å²) in [4.78, 5) is 25.8. The van der Waals surface area contributed by atoms with Crippen LogP contribution in [-0.2, 0) is 4.79 Å². The molecule has 0 spiro atoms. The lowest BCUT2D eigenvalue weighted by Crippen LogP contribution is -2.38. The van der Waals surface area contributed by atoms with E-state index in [0.717, 1.165) is 12.8 Å². The number of aromatic nitrogens is 2. The molecule has 1 saturated heterocycles. The summed E-state index contributed by atoms with van der Waals surface area (Å²) in [5.41, 5.74) is -0.782. The molecular formula is C17H18N4O4S. The van der Waals surface area contributed by atoms with E-state index in [1.165, 1.54) is 11.3 Å². The highest BCUT2D eigenvalue weighted by molar-refractivity contribution is 7.16. The third kappa shape index (κ3) is 2.98. The van der Waals surface area contributed by atoms with Crippen molar-refractivity contribution in [3.63, 3.8) is 0 Å². The van der Waals surface area contributed by atoms with Gasteiger partial charge in [0, 0.05) is 13.1 Å². The SMILES string of the molecule is O=C(Nc1nnc(/C=C/c2ccco2)s1)N1C[C@@H]2CCC[C@@]2(C(=O)O)C1. The van der Waals surface area contributed by atoms with Gasteiger partial charge in [-0.15, -0.1) is 10.2 Å². The van der Waals surface area contributed by atoms with Crippen LogP contribution in [0.4, 0.5) is 9.93 Å². The van der Waals surface area contributed by atoms with Crippen LogP contribution in [0.3, 0.4) is 0 Å². The van der Waals surface area contributed by atoms with Gasteiger partial charge in [0.2, 0.25) is 5.13 Å². The van der Waals surface area contributed by atoms with Gasteiger partial charge < -0.3 is 14.4 Å². The number of carboxylic acids is 1. The first-order valence-electron chi connectivity index (χ1n) is 8.41. The van der Waals surface area contributed by atoms with E-state index in [1.807, 2.05) is 6.07 Å². The zero-order valence-corrected chi connectivity index (χ0v) is 14.7. The van der Waals surface area contributed by atoms with Gasteiger partial charge in [-0.3, -0.25) is 10.1 Å². The normalized spacial score (nSPS) is 24.9. The van der Waals surface area contributed by atoms with Gasteiger partial charge in [0.25, 0.3) is 0 Å². The summed E-state index contributed by atoms with van der Waals surface area (Å²) in [6, 6.07) is 3.29. The predicted octanol–water partition coefficient (Wildman–Crippen LogP) is 3.02. The molecule has 2 atom stereocenters. The van der Waals surface area contributed by atoms with E-state index in [0.29, 0.717) is 28.9 Å². The summed E-state index contributed by atoms with van der Waals surface area (Å²) < 4.78 is 5.20. The van der Waals surface area contributed by atoms with Crippen molar-refractivity contribution in [1.29, 1.82) is 0 Å². The van der Waals surface area contributed by atoms with E-state index in [4.69, 9.17) is 4.42 Å². The molecule has 1 aliphatic heterocycles.